The first-order chi connectivity index (χ1) is 17.6. The van der Waals surface area contributed by atoms with Crippen LogP contribution in [0.3, 0.4) is 0 Å². The Balaban J connectivity index is 1.61. The van der Waals surface area contributed by atoms with Gasteiger partial charge in [0.15, 0.2) is 0 Å². The van der Waals surface area contributed by atoms with E-state index in [2.05, 4.69) is 5.32 Å². The number of carbonyl (C=O) groups excluding carboxylic acids is 3. The van der Waals surface area contributed by atoms with Crippen LogP contribution in [0.1, 0.15) is 82.1 Å². The standard InChI is InChI=1S/C28H41FN4O4/c1-5-22(27(36)33-15-11-19(12-16-33)17-24(34)37-6-2)28(3,4)31-26(35)21-10-9-20(18-23(21)29)25(30)32-13-7-8-14-32/h9-10,18-19,22,30H,5-8,11-17H2,1-4H3,(H,31,35). The van der Waals surface area contributed by atoms with Crippen LogP contribution in [0.15, 0.2) is 18.2 Å². The van der Waals surface area contributed by atoms with Gasteiger partial charge < -0.3 is 19.9 Å². The molecule has 204 valence electrons. The van der Waals surface area contributed by atoms with Crippen LogP contribution in [-0.4, -0.2) is 71.7 Å². The minimum atomic E-state index is -0.905. The molecule has 9 heteroatoms. The van der Waals surface area contributed by atoms with E-state index in [0.717, 1.165) is 38.8 Å². The van der Waals surface area contributed by atoms with E-state index in [9.17, 15) is 18.8 Å². The van der Waals surface area contributed by atoms with Crippen LogP contribution >= 0.6 is 0 Å². The topological polar surface area (TPSA) is 103 Å². The van der Waals surface area contributed by atoms with Crippen molar-refractivity contribution >= 4 is 23.6 Å². The van der Waals surface area contributed by atoms with Gasteiger partial charge in [-0.3, -0.25) is 19.8 Å². The highest BCUT2D eigenvalue weighted by Crippen LogP contribution is 2.28. The number of hydrogen-bond donors (Lipinski definition) is 2. The van der Waals surface area contributed by atoms with E-state index in [4.69, 9.17) is 10.1 Å². The molecule has 2 aliphatic heterocycles. The summed E-state index contributed by atoms with van der Waals surface area (Å²) in [6.07, 6.45) is 4.39. The number of benzene rings is 1. The molecule has 0 bridgehead atoms. The smallest absolute Gasteiger partial charge is 0.306 e. The number of nitrogens with one attached hydrogen (secondary N) is 2. The molecule has 0 saturated carbocycles. The fraction of sp³-hybridized carbons (Fsp3) is 0.643. The van der Waals surface area contributed by atoms with Crippen molar-refractivity contribution in [2.24, 2.45) is 11.8 Å². The molecular formula is C28H41FN4O4. The van der Waals surface area contributed by atoms with Crippen molar-refractivity contribution in [3.05, 3.63) is 35.1 Å². The molecule has 0 aromatic heterocycles. The zero-order valence-corrected chi connectivity index (χ0v) is 22.6. The number of carbonyl (C=O) groups is 3. The van der Waals surface area contributed by atoms with E-state index >= 15 is 0 Å². The molecule has 0 aliphatic carbocycles. The van der Waals surface area contributed by atoms with Crippen molar-refractivity contribution in [1.29, 1.82) is 5.41 Å². The number of halogens is 1. The summed E-state index contributed by atoms with van der Waals surface area (Å²) in [5.74, 6) is -1.52. The van der Waals surface area contributed by atoms with Crippen LogP contribution in [-0.2, 0) is 14.3 Å². The average molecular weight is 517 g/mol. The van der Waals surface area contributed by atoms with Crippen LogP contribution in [0, 0.1) is 23.1 Å². The highest BCUT2D eigenvalue weighted by atomic mass is 19.1. The lowest BCUT2D eigenvalue weighted by Crippen LogP contribution is -2.55. The Hall–Kier alpha value is -2.97. The zero-order valence-electron chi connectivity index (χ0n) is 22.6. The van der Waals surface area contributed by atoms with Gasteiger partial charge in [0, 0.05) is 43.7 Å². The molecule has 2 saturated heterocycles. The number of amidine groups is 1. The molecular weight excluding hydrogens is 475 g/mol. The number of hydrogen-bond acceptors (Lipinski definition) is 5. The van der Waals surface area contributed by atoms with Crippen LogP contribution in [0.4, 0.5) is 4.39 Å². The van der Waals surface area contributed by atoms with E-state index in [0.29, 0.717) is 38.1 Å². The normalized spacial score (nSPS) is 17.4. The van der Waals surface area contributed by atoms with Crippen molar-refractivity contribution in [2.75, 3.05) is 32.8 Å². The van der Waals surface area contributed by atoms with Gasteiger partial charge in [-0.25, -0.2) is 4.39 Å². The summed E-state index contributed by atoms with van der Waals surface area (Å²) in [7, 11) is 0. The fourth-order valence-corrected chi connectivity index (χ4v) is 5.44. The van der Waals surface area contributed by atoms with Gasteiger partial charge in [-0.05, 0) is 70.9 Å². The van der Waals surface area contributed by atoms with Crippen molar-refractivity contribution in [3.63, 3.8) is 0 Å². The molecule has 1 atom stereocenters. The number of ether oxygens (including phenoxy) is 1. The van der Waals surface area contributed by atoms with Gasteiger partial charge in [-0.1, -0.05) is 13.0 Å². The lowest BCUT2D eigenvalue weighted by molar-refractivity contribution is -0.145. The molecule has 2 aliphatic rings. The highest BCUT2D eigenvalue weighted by molar-refractivity contribution is 5.99. The highest BCUT2D eigenvalue weighted by Gasteiger charge is 2.39. The predicted octanol–water partition coefficient (Wildman–Crippen LogP) is 3.97. The third-order valence-corrected chi connectivity index (χ3v) is 7.61. The van der Waals surface area contributed by atoms with E-state index in [-0.39, 0.29) is 29.2 Å². The van der Waals surface area contributed by atoms with E-state index in [1.807, 2.05) is 16.7 Å². The molecule has 2 amide bonds. The first kappa shape index (κ1) is 28.6. The van der Waals surface area contributed by atoms with Crippen LogP contribution in [0.25, 0.3) is 0 Å². The summed E-state index contributed by atoms with van der Waals surface area (Å²) >= 11 is 0. The van der Waals surface area contributed by atoms with Crippen LogP contribution < -0.4 is 5.32 Å². The molecule has 3 rings (SSSR count). The summed E-state index contributed by atoms with van der Waals surface area (Å²) in [5.41, 5.74) is -0.561. The van der Waals surface area contributed by atoms with Crippen LogP contribution in [0.2, 0.25) is 0 Å². The van der Waals surface area contributed by atoms with Gasteiger partial charge in [0.1, 0.15) is 11.7 Å². The summed E-state index contributed by atoms with van der Waals surface area (Å²) < 4.78 is 20.0. The Kier molecular flexibility index (Phi) is 9.68. The first-order valence-electron chi connectivity index (χ1n) is 13.5. The summed E-state index contributed by atoms with van der Waals surface area (Å²) in [6.45, 7) is 10.3. The minimum Gasteiger partial charge on any atom is -0.466 e. The SMILES string of the molecule is CCOC(=O)CC1CCN(C(=O)C(CC)C(C)(C)NC(=O)c2ccc(C(=N)N3CCCC3)cc2F)CC1. The Morgan fingerprint density at radius 1 is 1.11 bits per heavy atom. The number of likely N-dealkylation sites (tertiary alicyclic amines) is 2. The monoisotopic (exact) mass is 516 g/mol. The lowest BCUT2D eigenvalue weighted by Gasteiger charge is -2.39. The quantitative estimate of drug-likeness (QED) is 0.294. The molecule has 1 unspecified atom stereocenters. The van der Waals surface area contributed by atoms with Gasteiger partial charge in [0.2, 0.25) is 5.91 Å². The number of esters is 1. The summed E-state index contributed by atoms with van der Waals surface area (Å²) in [4.78, 5) is 42.0. The maximum atomic E-state index is 14.9. The van der Waals surface area contributed by atoms with Crippen molar-refractivity contribution in [2.45, 2.75) is 71.8 Å². The zero-order chi connectivity index (χ0) is 27.2. The van der Waals surface area contributed by atoms with Gasteiger partial charge in [-0.2, -0.15) is 0 Å². The van der Waals surface area contributed by atoms with E-state index < -0.39 is 23.2 Å². The Morgan fingerprint density at radius 2 is 1.76 bits per heavy atom. The minimum absolute atomic E-state index is 0.0442. The number of nitrogens with zero attached hydrogens (tertiary/aromatic N) is 2. The largest absolute Gasteiger partial charge is 0.466 e. The summed E-state index contributed by atoms with van der Waals surface area (Å²) in [6, 6.07) is 4.26. The van der Waals surface area contributed by atoms with Crippen molar-refractivity contribution < 1.29 is 23.5 Å². The molecule has 0 spiro atoms. The average Bonchev–Trinajstić information content (AvgIpc) is 3.39. The second-order valence-corrected chi connectivity index (χ2v) is 10.7. The molecule has 2 fully saturated rings. The Morgan fingerprint density at radius 3 is 2.32 bits per heavy atom. The molecule has 2 heterocycles. The maximum absolute atomic E-state index is 14.9. The number of amides is 2. The molecule has 2 N–H and O–H groups in total. The van der Waals surface area contributed by atoms with Crippen molar-refractivity contribution in [1.82, 2.24) is 15.1 Å². The van der Waals surface area contributed by atoms with E-state index in [1.165, 1.54) is 12.1 Å². The predicted molar refractivity (Wildman–Crippen MR) is 140 cm³/mol. The molecule has 8 nitrogen and oxygen atoms in total. The fourth-order valence-electron chi connectivity index (χ4n) is 5.44. The second-order valence-electron chi connectivity index (χ2n) is 10.7. The molecule has 37 heavy (non-hydrogen) atoms. The van der Waals surface area contributed by atoms with E-state index in [1.54, 1.807) is 26.8 Å². The van der Waals surface area contributed by atoms with Gasteiger partial charge >= 0.3 is 5.97 Å². The first-order valence-corrected chi connectivity index (χ1v) is 13.5. The Labute approximate surface area is 219 Å². The van der Waals surface area contributed by atoms with Gasteiger partial charge in [0.25, 0.3) is 5.91 Å². The molecule has 1 aromatic rings. The maximum Gasteiger partial charge on any atom is 0.306 e. The Bertz CT molecular complexity index is 998. The summed E-state index contributed by atoms with van der Waals surface area (Å²) in [5, 5.41) is 11.2. The lowest BCUT2D eigenvalue weighted by atomic mass is 9.82. The second kappa shape index (κ2) is 12.5. The third-order valence-electron chi connectivity index (χ3n) is 7.61. The molecule has 1 aromatic carbocycles. The number of rotatable bonds is 9. The van der Waals surface area contributed by atoms with Gasteiger partial charge in [0.05, 0.1) is 18.1 Å². The van der Waals surface area contributed by atoms with Crippen molar-refractivity contribution in [3.8, 4) is 0 Å². The third kappa shape index (κ3) is 7.08. The van der Waals surface area contributed by atoms with Gasteiger partial charge in [-0.15, -0.1) is 0 Å². The number of piperidine rings is 1. The molecule has 0 radical (unpaired) electrons. The van der Waals surface area contributed by atoms with Crippen LogP contribution in [0.5, 0.6) is 0 Å².